The van der Waals surface area contributed by atoms with Gasteiger partial charge in [0.15, 0.2) is 0 Å². The Morgan fingerprint density at radius 1 is 1.25 bits per heavy atom. The van der Waals surface area contributed by atoms with Crippen LogP contribution in [0.25, 0.3) is 5.69 Å². The Bertz CT molecular complexity index is 536. The number of tetrazole rings is 1. The van der Waals surface area contributed by atoms with Gasteiger partial charge in [-0.1, -0.05) is 5.10 Å². The van der Waals surface area contributed by atoms with Crippen LogP contribution in [0.15, 0.2) is 23.4 Å². The average molecular weight is 244 g/mol. The van der Waals surface area contributed by atoms with E-state index in [-0.39, 0.29) is 10.8 Å². The summed E-state index contributed by atoms with van der Waals surface area (Å²) < 4.78 is 38.2. The van der Waals surface area contributed by atoms with Crippen molar-refractivity contribution >= 4 is 10.8 Å². The summed E-state index contributed by atoms with van der Waals surface area (Å²) in [7, 11) is -1.44. The molecule has 0 aliphatic carbocycles. The minimum atomic E-state index is -1.44. The highest BCUT2D eigenvalue weighted by Gasteiger charge is 2.13. The van der Waals surface area contributed by atoms with Crippen LogP contribution >= 0.6 is 0 Å². The first-order chi connectivity index (χ1) is 7.58. The smallest absolute Gasteiger partial charge is 0.244 e. The van der Waals surface area contributed by atoms with Crippen LogP contribution in [0.5, 0.6) is 0 Å². The van der Waals surface area contributed by atoms with Gasteiger partial charge >= 0.3 is 0 Å². The standard InChI is InChI=1S/C8H6F2N4OS/c1-16(15)8-11-12-13-14(8)7-3-5(9)2-6(10)4-7/h2-4H,1H3. The molecule has 0 amide bonds. The summed E-state index contributed by atoms with van der Waals surface area (Å²) in [6.07, 6.45) is 1.37. The maximum absolute atomic E-state index is 13.0. The second-order valence-corrected chi connectivity index (χ2v) is 4.23. The number of benzene rings is 1. The Kier molecular flexibility index (Phi) is 2.73. The third-order valence-corrected chi connectivity index (χ3v) is 2.56. The van der Waals surface area contributed by atoms with Crippen molar-refractivity contribution < 1.29 is 13.0 Å². The van der Waals surface area contributed by atoms with Gasteiger partial charge in [-0.15, -0.1) is 0 Å². The summed E-state index contributed by atoms with van der Waals surface area (Å²) in [6.45, 7) is 0. The topological polar surface area (TPSA) is 60.7 Å². The van der Waals surface area contributed by atoms with Gasteiger partial charge in [-0.05, 0) is 22.6 Å². The quantitative estimate of drug-likeness (QED) is 0.779. The minimum absolute atomic E-state index is 0.0324. The fraction of sp³-hybridized carbons (Fsp3) is 0.125. The van der Waals surface area contributed by atoms with E-state index in [4.69, 9.17) is 0 Å². The van der Waals surface area contributed by atoms with Gasteiger partial charge in [0.2, 0.25) is 5.16 Å². The molecular weight excluding hydrogens is 238 g/mol. The highest BCUT2D eigenvalue weighted by atomic mass is 32.2. The van der Waals surface area contributed by atoms with E-state index >= 15 is 0 Å². The Morgan fingerprint density at radius 3 is 2.44 bits per heavy atom. The molecule has 2 rings (SSSR count). The third kappa shape index (κ3) is 1.96. The normalized spacial score (nSPS) is 12.7. The molecule has 0 radical (unpaired) electrons. The number of hydrogen-bond donors (Lipinski definition) is 0. The van der Waals surface area contributed by atoms with Crippen LogP contribution in [-0.2, 0) is 10.8 Å². The van der Waals surface area contributed by atoms with Gasteiger partial charge in [0.25, 0.3) is 0 Å². The molecule has 8 heteroatoms. The number of hydrogen-bond acceptors (Lipinski definition) is 4. The highest BCUT2D eigenvalue weighted by Crippen LogP contribution is 2.13. The molecule has 1 aromatic carbocycles. The maximum atomic E-state index is 13.0. The van der Waals surface area contributed by atoms with Crippen LogP contribution in [0.1, 0.15) is 0 Å². The van der Waals surface area contributed by atoms with Crippen LogP contribution in [0.2, 0.25) is 0 Å². The van der Waals surface area contributed by atoms with E-state index < -0.39 is 22.4 Å². The van der Waals surface area contributed by atoms with Crippen molar-refractivity contribution in [3.63, 3.8) is 0 Å². The predicted molar refractivity (Wildman–Crippen MR) is 51.4 cm³/mol. The monoisotopic (exact) mass is 244 g/mol. The molecule has 5 nitrogen and oxygen atoms in total. The van der Waals surface area contributed by atoms with Crippen molar-refractivity contribution in [2.45, 2.75) is 5.16 Å². The molecule has 1 atom stereocenters. The fourth-order valence-corrected chi connectivity index (χ4v) is 1.72. The maximum Gasteiger partial charge on any atom is 0.244 e. The second kappa shape index (κ2) is 4.05. The number of aromatic nitrogens is 4. The van der Waals surface area contributed by atoms with Gasteiger partial charge < -0.3 is 0 Å². The first-order valence-electron chi connectivity index (χ1n) is 4.16. The summed E-state index contributed by atoms with van der Waals surface area (Å²) in [5.74, 6) is -1.50. The lowest BCUT2D eigenvalue weighted by molar-refractivity contribution is 0.577. The lowest BCUT2D eigenvalue weighted by Gasteiger charge is -2.02. The van der Waals surface area contributed by atoms with E-state index in [9.17, 15) is 13.0 Å². The second-order valence-electron chi connectivity index (χ2n) is 2.96. The summed E-state index contributed by atoms with van der Waals surface area (Å²) in [6, 6.07) is 2.84. The summed E-state index contributed by atoms with van der Waals surface area (Å²) in [5, 5.41) is 10.4. The van der Waals surface area contributed by atoms with Crippen LogP contribution < -0.4 is 0 Å². The molecule has 1 unspecified atom stereocenters. The van der Waals surface area contributed by atoms with E-state index in [2.05, 4.69) is 15.5 Å². The molecule has 0 saturated carbocycles. The zero-order valence-corrected chi connectivity index (χ0v) is 8.91. The SMILES string of the molecule is CS(=O)c1nnnn1-c1cc(F)cc(F)c1. The molecular formula is C8H6F2N4OS. The lowest BCUT2D eigenvalue weighted by atomic mass is 10.3. The van der Waals surface area contributed by atoms with Gasteiger partial charge in [-0.25, -0.2) is 8.78 Å². The van der Waals surface area contributed by atoms with Gasteiger partial charge in [0.05, 0.1) is 16.5 Å². The van der Waals surface area contributed by atoms with Crippen LogP contribution in [0, 0.1) is 11.6 Å². The highest BCUT2D eigenvalue weighted by molar-refractivity contribution is 7.84. The molecule has 84 valence electrons. The van der Waals surface area contributed by atoms with Gasteiger partial charge in [0, 0.05) is 12.3 Å². The van der Waals surface area contributed by atoms with E-state index in [1.165, 1.54) is 6.26 Å². The molecule has 2 aromatic rings. The van der Waals surface area contributed by atoms with Crippen molar-refractivity contribution in [2.24, 2.45) is 0 Å². The van der Waals surface area contributed by atoms with E-state index in [1.54, 1.807) is 0 Å². The van der Waals surface area contributed by atoms with Crippen molar-refractivity contribution in [1.29, 1.82) is 0 Å². The van der Waals surface area contributed by atoms with Crippen molar-refractivity contribution in [3.05, 3.63) is 29.8 Å². The fourth-order valence-electron chi connectivity index (χ4n) is 1.18. The Morgan fingerprint density at radius 2 is 1.88 bits per heavy atom. The number of nitrogens with zero attached hydrogens (tertiary/aromatic N) is 4. The zero-order chi connectivity index (χ0) is 11.7. The molecule has 0 aliphatic rings. The molecule has 1 heterocycles. The Labute approximate surface area is 91.5 Å². The van der Waals surface area contributed by atoms with Crippen molar-refractivity contribution in [1.82, 2.24) is 20.2 Å². The summed E-state index contributed by atoms with van der Waals surface area (Å²) in [5.41, 5.74) is 0.0905. The molecule has 1 aromatic heterocycles. The van der Waals surface area contributed by atoms with Crippen LogP contribution in [0.3, 0.4) is 0 Å². The first kappa shape index (κ1) is 10.8. The Hall–Kier alpha value is -1.70. The molecule has 16 heavy (non-hydrogen) atoms. The van der Waals surface area contributed by atoms with Gasteiger partial charge in [-0.2, -0.15) is 4.68 Å². The molecule has 0 aliphatic heterocycles. The largest absolute Gasteiger partial charge is 0.251 e. The third-order valence-electron chi connectivity index (χ3n) is 1.79. The number of halogens is 2. The summed E-state index contributed by atoms with van der Waals surface area (Å²) >= 11 is 0. The van der Waals surface area contributed by atoms with Gasteiger partial charge in [0.1, 0.15) is 11.6 Å². The van der Waals surface area contributed by atoms with Crippen LogP contribution in [-0.4, -0.2) is 30.7 Å². The van der Waals surface area contributed by atoms with E-state index in [1.807, 2.05) is 0 Å². The van der Waals surface area contributed by atoms with Gasteiger partial charge in [-0.3, -0.25) is 4.21 Å². The molecule has 0 bridgehead atoms. The van der Waals surface area contributed by atoms with Crippen molar-refractivity contribution in [3.8, 4) is 5.69 Å². The molecule has 0 N–H and O–H groups in total. The molecule has 0 fully saturated rings. The molecule has 0 spiro atoms. The summed E-state index contributed by atoms with van der Waals surface area (Å²) in [4.78, 5) is 0. The lowest BCUT2D eigenvalue weighted by Crippen LogP contribution is -2.05. The van der Waals surface area contributed by atoms with Crippen molar-refractivity contribution in [2.75, 3.05) is 6.26 Å². The predicted octanol–water partition coefficient (Wildman–Crippen LogP) is 0.678. The molecule has 0 saturated heterocycles. The van der Waals surface area contributed by atoms with E-state index in [0.29, 0.717) is 0 Å². The zero-order valence-electron chi connectivity index (χ0n) is 8.09. The Balaban J connectivity index is 2.58. The number of rotatable bonds is 2. The minimum Gasteiger partial charge on any atom is -0.251 e. The average Bonchev–Trinajstić information content (AvgIpc) is 2.63. The first-order valence-corrected chi connectivity index (χ1v) is 5.72. The van der Waals surface area contributed by atoms with E-state index in [0.717, 1.165) is 22.9 Å². The van der Waals surface area contributed by atoms with Crippen LogP contribution in [0.4, 0.5) is 8.78 Å².